The zero-order chi connectivity index (χ0) is 14.0. The first kappa shape index (κ1) is 15.2. The van der Waals surface area contributed by atoms with E-state index in [-0.39, 0.29) is 23.1 Å². The van der Waals surface area contributed by atoms with Gasteiger partial charge in [-0.05, 0) is 32.9 Å². The lowest BCUT2D eigenvalue weighted by atomic mass is 10.3. The molecule has 0 N–H and O–H groups in total. The quantitative estimate of drug-likeness (QED) is 0.857. The summed E-state index contributed by atoms with van der Waals surface area (Å²) < 4.78 is 41.1. The van der Waals surface area contributed by atoms with E-state index in [1.807, 2.05) is 0 Å². The van der Waals surface area contributed by atoms with Gasteiger partial charge in [0.2, 0.25) is 0 Å². The Labute approximate surface area is 112 Å². The van der Waals surface area contributed by atoms with Gasteiger partial charge < -0.3 is 4.74 Å². The van der Waals surface area contributed by atoms with E-state index in [4.69, 9.17) is 16.3 Å². The Bertz CT molecular complexity index is 521. The fraction of sp³-hybridized carbons (Fsp3) is 0.500. The molecule has 3 nitrogen and oxygen atoms in total. The molecule has 0 radical (unpaired) electrons. The van der Waals surface area contributed by atoms with Crippen LogP contribution >= 0.6 is 11.6 Å². The van der Waals surface area contributed by atoms with Crippen molar-refractivity contribution in [2.75, 3.05) is 12.4 Å². The summed E-state index contributed by atoms with van der Waals surface area (Å²) in [6.45, 7) is 4.87. The molecule has 6 heteroatoms. The van der Waals surface area contributed by atoms with Gasteiger partial charge in [0.05, 0.1) is 15.5 Å². The number of hydrogen-bond acceptors (Lipinski definition) is 3. The molecule has 18 heavy (non-hydrogen) atoms. The molecule has 0 saturated heterocycles. The van der Waals surface area contributed by atoms with E-state index in [1.165, 1.54) is 12.1 Å². The van der Waals surface area contributed by atoms with Crippen LogP contribution in [0.4, 0.5) is 4.39 Å². The number of hydrogen-bond donors (Lipinski definition) is 0. The standard InChI is InChI=1S/C12H16ClFO3S/c1-12(2,3)18(15,16)7-6-17-9-4-5-10(13)11(14)8-9/h4-5,8H,6-7H2,1-3H3. The molecule has 0 fully saturated rings. The van der Waals surface area contributed by atoms with Gasteiger partial charge in [0, 0.05) is 6.07 Å². The van der Waals surface area contributed by atoms with Gasteiger partial charge in [-0.25, -0.2) is 12.8 Å². The van der Waals surface area contributed by atoms with E-state index >= 15 is 0 Å². The molecule has 0 spiro atoms. The second kappa shape index (κ2) is 5.45. The molecule has 0 aliphatic carbocycles. The van der Waals surface area contributed by atoms with Crippen LogP contribution in [0, 0.1) is 5.82 Å². The maximum Gasteiger partial charge on any atom is 0.158 e. The van der Waals surface area contributed by atoms with Gasteiger partial charge in [0.1, 0.15) is 18.2 Å². The summed E-state index contributed by atoms with van der Waals surface area (Å²) >= 11 is 5.52. The molecule has 0 aromatic heterocycles. The number of sulfone groups is 1. The fourth-order valence-corrected chi connectivity index (χ4v) is 2.17. The van der Waals surface area contributed by atoms with Crippen molar-refractivity contribution in [1.82, 2.24) is 0 Å². The average Bonchev–Trinajstić information content (AvgIpc) is 2.21. The van der Waals surface area contributed by atoms with Gasteiger partial charge in [-0.3, -0.25) is 0 Å². The summed E-state index contributed by atoms with van der Waals surface area (Å²) in [5, 5.41) is 0.00432. The fourth-order valence-electron chi connectivity index (χ4n) is 1.14. The zero-order valence-electron chi connectivity index (χ0n) is 10.5. The van der Waals surface area contributed by atoms with Crippen LogP contribution in [0.25, 0.3) is 0 Å². The zero-order valence-corrected chi connectivity index (χ0v) is 12.1. The largest absolute Gasteiger partial charge is 0.492 e. The van der Waals surface area contributed by atoms with Crippen LogP contribution in [0.15, 0.2) is 18.2 Å². The topological polar surface area (TPSA) is 43.4 Å². The summed E-state index contributed by atoms with van der Waals surface area (Å²) in [5.74, 6) is -0.436. The molecule has 0 aliphatic heterocycles. The number of ether oxygens (including phenoxy) is 1. The normalized spacial score (nSPS) is 12.5. The van der Waals surface area contributed by atoms with Crippen molar-refractivity contribution in [3.8, 4) is 5.75 Å². The SMILES string of the molecule is CC(C)(C)S(=O)(=O)CCOc1ccc(Cl)c(F)c1. The average molecular weight is 295 g/mol. The van der Waals surface area contributed by atoms with Crippen LogP contribution in [0.5, 0.6) is 5.75 Å². The monoisotopic (exact) mass is 294 g/mol. The maximum absolute atomic E-state index is 13.1. The third kappa shape index (κ3) is 3.85. The van der Waals surface area contributed by atoms with Crippen molar-refractivity contribution in [2.24, 2.45) is 0 Å². The molecule has 0 atom stereocenters. The maximum atomic E-state index is 13.1. The second-order valence-corrected chi connectivity index (χ2v) is 8.13. The minimum absolute atomic E-state index is 0.00432. The second-order valence-electron chi connectivity index (χ2n) is 4.86. The van der Waals surface area contributed by atoms with Crippen LogP contribution in [-0.2, 0) is 9.84 Å². The highest BCUT2D eigenvalue weighted by molar-refractivity contribution is 7.92. The third-order valence-electron chi connectivity index (χ3n) is 2.44. The summed E-state index contributed by atoms with van der Waals surface area (Å²) in [5.41, 5.74) is 0. The van der Waals surface area contributed by atoms with Gasteiger partial charge in [0.25, 0.3) is 0 Å². The highest BCUT2D eigenvalue weighted by Gasteiger charge is 2.28. The van der Waals surface area contributed by atoms with Crippen LogP contribution in [0.2, 0.25) is 5.02 Å². The van der Waals surface area contributed by atoms with Crippen LogP contribution in [0.3, 0.4) is 0 Å². The number of halogens is 2. The Hall–Kier alpha value is -0.810. The van der Waals surface area contributed by atoms with Crippen molar-refractivity contribution in [3.05, 3.63) is 29.0 Å². The van der Waals surface area contributed by atoms with E-state index in [1.54, 1.807) is 20.8 Å². The molecule has 1 aromatic carbocycles. The van der Waals surface area contributed by atoms with E-state index in [9.17, 15) is 12.8 Å². The van der Waals surface area contributed by atoms with E-state index in [2.05, 4.69) is 0 Å². The molecule has 0 unspecified atom stereocenters. The molecule has 0 amide bonds. The first-order valence-corrected chi connectivity index (χ1v) is 7.47. The number of rotatable bonds is 4. The predicted molar refractivity (Wildman–Crippen MR) is 70.4 cm³/mol. The Kier molecular flexibility index (Phi) is 4.61. The minimum atomic E-state index is -3.23. The molecule has 0 bridgehead atoms. The summed E-state index contributed by atoms with van der Waals surface area (Å²) in [7, 11) is -3.23. The first-order chi connectivity index (χ1) is 8.13. The van der Waals surface area contributed by atoms with Crippen molar-refractivity contribution < 1.29 is 17.5 Å². The van der Waals surface area contributed by atoms with Gasteiger partial charge >= 0.3 is 0 Å². The van der Waals surface area contributed by atoms with Crippen molar-refractivity contribution in [2.45, 2.75) is 25.5 Å². The van der Waals surface area contributed by atoms with Gasteiger partial charge in [-0.2, -0.15) is 0 Å². The van der Waals surface area contributed by atoms with Crippen LogP contribution < -0.4 is 4.74 Å². The van der Waals surface area contributed by atoms with E-state index in [0.717, 1.165) is 6.07 Å². The molecular formula is C12H16ClFO3S. The minimum Gasteiger partial charge on any atom is -0.492 e. The summed E-state index contributed by atoms with van der Waals surface area (Å²) in [6.07, 6.45) is 0. The summed E-state index contributed by atoms with van der Waals surface area (Å²) in [4.78, 5) is 0. The van der Waals surface area contributed by atoms with Gasteiger partial charge in [0.15, 0.2) is 9.84 Å². The lowest BCUT2D eigenvalue weighted by Crippen LogP contribution is -2.32. The molecule has 0 heterocycles. The predicted octanol–water partition coefficient (Wildman–Crippen LogP) is 3.07. The number of benzene rings is 1. The Morgan fingerprint density at radius 1 is 1.33 bits per heavy atom. The van der Waals surface area contributed by atoms with Crippen LogP contribution in [0.1, 0.15) is 20.8 Å². The van der Waals surface area contributed by atoms with Crippen LogP contribution in [-0.4, -0.2) is 25.5 Å². The molecule has 0 aliphatic rings. The Morgan fingerprint density at radius 3 is 2.44 bits per heavy atom. The van der Waals surface area contributed by atoms with Crippen molar-refractivity contribution in [3.63, 3.8) is 0 Å². The highest BCUT2D eigenvalue weighted by atomic mass is 35.5. The van der Waals surface area contributed by atoms with E-state index in [0.29, 0.717) is 0 Å². The Morgan fingerprint density at radius 2 is 1.94 bits per heavy atom. The van der Waals surface area contributed by atoms with Gasteiger partial charge in [-0.1, -0.05) is 11.6 Å². The smallest absolute Gasteiger partial charge is 0.158 e. The van der Waals surface area contributed by atoms with Crippen molar-refractivity contribution >= 4 is 21.4 Å². The summed E-state index contributed by atoms with van der Waals surface area (Å²) in [6, 6.07) is 3.99. The molecule has 0 saturated carbocycles. The molecule has 102 valence electrons. The van der Waals surface area contributed by atoms with Gasteiger partial charge in [-0.15, -0.1) is 0 Å². The Balaban J connectivity index is 2.60. The van der Waals surface area contributed by atoms with E-state index < -0.39 is 20.4 Å². The van der Waals surface area contributed by atoms with Crippen molar-refractivity contribution in [1.29, 1.82) is 0 Å². The highest BCUT2D eigenvalue weighted by Crippen LogP contribution is 2.21. The third-order valence-corrected chi connectivity index (χ3v) is 5.32. The molecule has 1 rings (SSSR count). The molecular weight excluding hydrogens is 279 g/mol. The molecule has 1 aromatic rings. The lowest BCUT2D eigenvalue weighted by molar-refractivity contribution is 0.338. The first-order valence-electron chi connectivity index (χ1n) is 5.43. The lowest BCUT2D eigenvalue weighted by Gasteiger charge is -2.19.